The summed E-state index contributed by atoms with van der Waals surface area (Å²) in [7, 11) is 0. The Balaban J connectivity index is 1.35. The molecule has 0 spiro atoms. The molecule has 1 aromatic heterocycles. The van der Waals surface area contributed by atoms with Crippen molar-refractivity contribution in [1.82, 2.24) is 20.2 Å². The van der Waals surface area contributed by atoms with Crippen LogP contribution in [0.25, 0.3) is 5.69 Å². The number of carbonyl (C=O) groups is 1. The van der Waals surface area contributed by atoms with Gasteiger partial charge in [0.15, 0.2) is 0 Å². The molecule has 28 heavy (non-hydrogen) atoms. The molecule has 0 aliphatic rings. The fourth-order valence-electron chi connectivity index (χ4n) is 2.54. The average Bonchev–Trinajstić information content (AvgIpc) is 3.29. The van der Waals surface area contributed by atoms with Crippen LogP contribution in [0.4, 0.5) is 0 Å². The number of carbonyl (C=O) groups excluding carboxylic acids is 1. The minimum atomic E-state index is -0.443. The summed E-state index contributed by atoms with van der Waals surface area (Å²) in [5.41, 5.74) is 2.27. The highest BCUT2D eigenvalue weighted by atomic mass is 16.5. The summed E-state index contributed by atoms with van der Waals surface area (Å²) in [6.45, 7) is 0.480. The first-order chi connectivity index (χ1) is 13.8. The van der Waals surface area contributed by atoms with Crippen LogP contribution in [0.1, 0.15) is 15.9 Å². The Morgan fingerprint density at radius 1 is 0.857 bits per heavy atom. The largest absolute Gasteiger partial charge is 0.489 e. The number of rotatable bonds is 6. The highest BCUT2D eigenvalue weighted by Gasteiger charge is 2.09. The van der Waals surface area contributed by atoms with E-state index in [1.807, 2.05) is 30.3 Å². The third kappa shape index (κ3) is 4.21. The molecule has 0 unspecified atom stereocenters. The number of hydrogen-bond donors (Lipinski definition) is 0. The van der Waals surface area contributed by atoms with Gasteiger partial charge in [0.05, 0.1) is 11.3 Å². The molecule has 0 fully saturated rings. The molecule has 4 rings (SSSR count). The van der Waals surface area contributed by atoms with E-state index in [1.165, 1.54) is 11.0 Å². The second-order valence-electron chi connectivity index (χ2n) is 5.94. The van der Waals surface area contributed by atoms with Gasteiger partial charge in [-0.15, -0.1) is 5.10 Å². The number of nitrogens with zero attached hydrogens (tertiary/aromatic N) is 4. The standard InChI is InChI=1S/C21H16N4O3/c26-21(17-6-8-18(9-7-17)25-15-22-23-24-25)28-20-12-10-19(11-13-20)27-14-16-4-2-1-3-5-16/h1-13,15H,14H2. The molecule has 0 aliphatic carbocycles. The van der Waals surface area contributed by atoms with Gasteiger partial charge in [-0.05, 0) is 64.5 Å². The van der Waals surface area contributed by atoms with Crippen LogP contribution in [-0.2, 0) is 6.61 Å². The molecule has 0 aliphatic heterocycles. The zero-order chi connectivity index (χ0) is 19.2. The molecule has 0 saturated heterocycles. The highest BCUT2D eigenvalue weighted by Crippen LogP contribution is 2.20. The molecule has 7 nitrogen and oxygen atoms in total. The number of esters is 1. The zero-order valence-electron chi connectivity index (χ0n) is 14.8. The van der Waals surface area contributed by atoms with Gasteiger partial charge >= 0.3 is 5.97 Å². The second-order valence-corrected chi connectivity index (χ2v) is 5.94. The van der Waals surface area contributed by atoms with Crippen molar-refractivity contribution in [2.75, 3.05) is 0 Å². The Morgan fingerprint density at radius 2 is 1.57 bits per heavy atom. The maximum atomic E-state index is 12.3. The molecule has 1 heterocycles. The lowest BCUT2D eigenvalue weighted by atomic mass is 10.2. The van der Waals surface area contributed by atoms with Gasteiger partial charge in [0.25, 0.3) is 0 Å². The lowest BCUT2D eigenvalue weighted by molar-refractivity contribution is 0.0734. The van der Waals surface area contributed by atoms with E-state index in [-0.39, 0.29) is 0 Å². The molecule has 0 amide bonds. The lowest BCUT2D eigenvalue weighted by Crippen LogP contribution is -2.08. The molecule has 0 saturated carbocycles. The number of benzene rings is 3. The number of tetrazole rings is 1. The predicted molar refractivity (Wildman–Crippen MR) is 101 cm³/mol. The van der Waals surface area contributed by atoms with Crippen molar-refractivity contribution < 1.29 is 14.3 Å². The average molecular weight is 372 g/mol. The van der Waals surface area contributed by atoms with Crippen molar-refractivity contribution in [3.63, 3.8) is 0 Å². The van der Waals surface area contributed by atoms with Gasteiger partial charge in [-0.1, -0.05) is 30.3 Å². The third-order valence-corrected chi connectivity index (χ3v) is 4.00. The van der Waals surface area contributed by atoms with Crippen LogP contribution in [0.2, 0.25) is 0 Å². The molecule has 0 bridgehead atoms. The van der Waals surface area contributed by atoms with Crippen molar-refractivity contribution in [3.8, 4) is 17.2 Å². The fraction of sp³-hybridized carbons (Fsp3) is 0.0476. The predicted octanol–water partition coefficient (Wildman–Crippen LogP) is 3.46. The van der Waals surface area contributed by atoms with E-state index in [1.54, 1.807) is 48.5 Å². The van der Waals surface area contributed by atoms with E-state index in [0.29, 0.717) is 23.7 Å². The van der Waals surface area contributed by atoms with Gasteiger partial charge < -0.3 is 9.47 Å². The molecule has 4 aromatic rings. The van der Waals surface area contributed by atoms with Crippen molar-refractivity contribution in [1.29, 1.82) is 0 Å². The summed E-state index contributed by atoms with van der Waals surface area (Å²) in [5.74, 6) is 0.706. The van der Waals surface area contributed by atoms with Crippen molar-refractivity contribution in [2.24, 2.45) is 0 Å². The maximum absolute atomic E-state index is 12.3. The minimum absolute atomic E-state index is 0.432. The molecule has 138 valence electrons. The normalized spacial score (nSPS) is 10.4. The van der Waals surface area contributed by atoms with Crippen LogP contribution >= 0.6 is 0 Å². The van der Waals surface area contributed by atoms with Crippen molar-refractivity contribution in [2.45, 2.75) is 6.61 Å². The van der Waals surface area contributed by atoms with E-state index >= 15 is 0 Å². The molecular weight excluding hydrogens is 356 g/mol. The van der Waals surface area contributed by atoms with Gasteiger partial charge in [0.2, 0.25) is 0 Å². The Morgan fingerprint density at radius 3 is 2.25 bits per heavy atom. The van der Waals surface area contributed by atoms with Gasteiger partial charge in [0, 0.05) is 0 Å². The van der Waals surface area contributed by atoms with E-state index in [0.717, 1.165) is 11.3 Å². The number of aromatic nitrogens is 4. The third-order valence-electron chi connectivity index (χ3n) is 4.00. The van der Waals surface area contributed by atoms with Crippen LogP contribution < -0.4 is 9.47 Å². The number of hydrogen-bond acceptors (Lipinski definition) is 6. The first kappa shape index (κ1) is 17.4. The summed E-state index contributed by atoms with van der Waals surface area (Å²) in [6.07, 6.45) is 1.48. The molecule has 0 atom stereocenters. The van der Waals surface area contributed by atoms with Gasteiger partial charge in [-0.3, -0.25) is 0 Å². The quantitative estimate of drug-likeness (QED) is 0.381. The molecule has 7 heteroatoms. The van der Waals surface area contributed by atoms with Gasteiger partial charge in [-0.25, -0.2) is 9.48 Å². The summed E-state index contributed by atoms with van der Waals surface area (Å²) in [6, 6.07) is 23.7. The molecule has 0 radical (unpaired) electrons. The maximum Gasteiger partial charge on any atom is 0.343 e. The molecule has 0 N–H and O–H groups in total. The SMILES string of the molecule is O=C(Oc1ccc(OCc2ccccc2)cc1)c1ccc(-n2cnnn2)cc1. The van der Waals surface area contributed by atoms with Crippen LogP contribution in [-0.4, -0.2) is 26.2 Å². The Bertz CT molecular complexity index is 1030. The van der Waals surface area contributed by atoms with Gasteiger partial charge in [0.1, 0.15) is 24.4 Å². The fourth-order valence-corrected chi connectivity index (χ4v) is 2.54. The highest BCUT2D eigenvalue weighted by molar-refractivity contribution is 5.91. The Hall–Kier alpha value is -4.00. The molecule has 3 aromatic carbocycles. The second kappa shape index (κ2) is 8.13. The minimum Gasteiger partial charge on any atom is -0.489 e. The summed E-state index contributed by atoms with van der Waals surface area (Å²) in [4.78, 5) is 12.3. The summed E-state index contributed by atoms with van der Waals surface area (Å²) < 4.78 is 12.6. The summed E-state index contributed by atoms with van der Waals surface area (Å²) >= 11 is 0. The van der Waals surface area contributed by atoms with Crippen LogP contribution in [0.15, 0.2) is 85.2 Å². The van der Waals surface area contributed by atoms with Crippen molar-refractivity contribution in [3.05, 3.63) is 96.3 Å². The van der Waals surface area contributed by atoms with Crippen LogP contribution in [0, 0.1) is 0 Å². The van der Waals surface area contributed by atoms with Crippen LogP contribution in [0.5, 0.6) is 11.5 Å². The van der Waals surface area contributed by atoms with E-state index in [9.17, 15) is 4.79 Å². The van der Waals surface area contributed by atoms with Gasteiger partial charge in [-0.2, -0.15) is 0 Å². The lowest BCUT2D eigenvalue weighted by Gasteiger charge is -2.08. The van der Waals surface area contributed by atoms with E-state index in [4.69, 9.17) is 9.47 Å². The topological polar surface area (TPSA) is 79.1 Å². The monoisotopic (exact) mass is 372 g/mol. The zero-order valence-corrected chi connectivity index (χ0v) is 14.8. The number of ether oxygens (including phenoxy) is 2. The first-order valence-corrected chi connectivity index (χ1v) is 8.60. The smallest absolute Gasteiger partial charge is 0.343 e. The van der Waals surface area contributed by atoms with Crippen molar-refractivity contribution >= 4 is 5.97 Å². The molecular formula is C21H16N4O3. The van der Waals surface area contributed by atoms with E-state index in [2.05, 4.69) is 15.5 Å². The van der Waals surface area contributed by atoms with Crippen LogP contribution in [0.3, 0.4) is 0 Å². The first-order valence-electron chi connectivity index (χ1n) is 8.60. The Labute approximate surface area is 161 Å². The summed E-state index contributed by atoms with van der Waals surface area (Å²) in [5, 5.41) is 11.0. The van der Waals surface area contributed by atoms with E-state index < -0.39 is 5.97 Å². The Kier molecular flexibility index (Phi) is 5.06.